The van der Waals surface area contributed by atoms with Crippen LogP contribution in [0, 0.1) is 0 Å². The van der Waals surface area contributed by atoms with Crippen LogP contribution in [0.3, 0.4) is 0 Å². The summed E-state index contributed by atoms with van der Waals surface area (Å²) in [5, 5.41) is 14.0. The van der Waals surface area contributed by atoms with Gasteiger partial charge in [-0.3, -0.25) is 4.98 Å². The second kappa shape index (κ2) is 7.34. The lowest BCUT2D eigenvalue weighted by molar-refractivity contribution is 0.259. The number of nitrogens with zero attached hydrogens (tertiary/aromatic N) is 5. The first kappa shape index (κ1) is 18.3. The molecule has 3 aromatic heterocycles. The van der Waals surface area contributed by atoms with Crippen LogP contribution >= 0.6 is 0 Å². The molecule has 3 aliphatic carbocycles. The molecule has 0 spiro atoms. The van der Waals surface area contributed by atoms with Crippen molar-refractivity contribution in [2.75, 3.05) is 7.11 Å². The third kappa shape index (κ3) is 2.95. The molecule has 3 heterocycles. The van der Waals surface area contributed by atoms with E-state index in [4.69, 9.17) is 14.6 Å². The topological polar surface area (TPSA) is 74.4 Å². The highest BCUT2D eigenvalue weighted by Gasteiger charge is 2.39. The van der Waals surface area contributed by atoms with Crippen LogP contribution in [0.15, 0.2) is 48.7 Å². The Bertz CT molecular complexity index is 1250. The lowest BCUT2D eigenvalue weighted by atomic mass is 9.67. The number of methoxy groups -OCH3 is 1. The average molecular weight is 413 g/mol. The summed E-state index contributed by atoms with van der Waals surface area (Å²) in [5.41, 5.74) is 5.10. The number of ether oxygens (including phenoxy) is 2. The Morgan fingerprint density at radius 3 is 2.48 bits per heavy atom. The summed E-state index contributed by atoms with van der Waals surface area (Å²) in [5.74, 6) is 3.08. The van der Waals surface area contributed by atoms with Crippen molar-refractivity contribution in [2.24, 2.45) is 0 Å². The predicted octanol–water partition coefficient (Wildman–Crippen LogP) is 4.53. The highest BCUT2D eigenvalue weighted by Crippen LogP contribution is 2.53. The molecule has 0 N–H and O–H groups in total. The second-order valence-electron chi connectivity index (χ2n) is 8.25. The molecule has 1 aromatic carbocycles. The van der Waals surface area contributed by atoms with Gasteiger partial charge in [0.15, 0.2) is 11.5 Å². The fraction of sp³-hybridized carbons (Fsp3) is 0.333. The Kier molecular flexibility index (Phi) is 4.33. The molecular weight excluding hydrogens is 390 g/mol. The SMILES string of the molecule is COc1cccnc1COc1nn2c(-c3ccccc3)nnc2c2c1C1CCC2CC1. The van der Waals surface area contributed by atoms with Crippen LogP contribution < -0.4 is 9.47 Å². The van der Waals surface area contributed by atoms with Crippen LogP contribution in [-0.4, -0.2) is 31.9 Å². The summed E-state index contributed by atoms with van der Waals surface area (Å²) in [7, 11) is 1.65. The van der Waals surface area contributed by atoms with E-state index in [0.717, 1.165) is 22.7 Å². The van der Waals surface area contributed by atoms with Gasteiger partial charge in [0.2, 0.25) is 5.88 Å². The highest BCUT2D eigenvalue weighted by molar-refractivity contribution is 5.65. The summed E-state index contributed by atoms with van der Waals surface area (Å²) in [6, 6.07) is 13.8. The van der Waals surface area contributed by atoms with Crippen LogP contribution in [0.2, 0.25) is 0 Å². The van der Waals surface area contributed by atoms with Gasteiger partial charge in [0.1, 0.15) is 18.1 Å². The van der Waals surface area contributed by atoms with Crippen molar-refractivity contribution >= 4 is 5.65 Å². The summed E-state index contributed by atoms with van der Waals surface area (Å²) >= 11 is 0. The van der Waals surface area contributed by atoms with Crippen LogP contribution in [0.4, 0.5) is 0 Å². The Morgan fingerprint density at radius 2 is 1.71 bits per heavy atom. The molecule has 3 aliphatic rings. The molecule has 0 amide bonds. The monoisotopic (exact) mass is 413 g/mol. The van der Waals surface area contributed by atoms with Gasteiger partial charge in [-0.05, 0) is 49.7 Å². The molecule has 4 aromatic rings. The average Bonchev–Trinajstić information content (AvgIpc) is 3.28. The van der Waals surface area contributed by atoms with Gasteiger partial charge in [0.05, 0.1) is 7.11 Å². The van der Waals surface area contributed by atoms with Gasteiger partial charge >= 0.3 is 0 Å². The number of rotatable bonds is 5. The van der Waals surface area contributed by atoms with Crippen molar-refractivity contribution in [3.63, 3.8) is 0 Å². The number of pyridine rings is 1. The normalized spacial score (nSPS) is 19.4. The van der Waals surface area contributed by atoms with Gasteiger partial charge in [-0.1, -0.05) is 30.3 Å². The van der Waals surface area contributed by atoms with Gasteiger partial charge in [-0.25, -0.2) is 0 Å². The fourth-order valence-corrected chi connectivity index (χ4v) is 5.12. The first-order chi connectivity index (χ1) is 15.3. The molecular formula is C24H23N5O2. The smallest absolute Gasteiger partial charge is 0.236 e. The van der Waals surface area contributed by atoms with Crippen molar-refractivity contribution in [2.45, 2.75) is 44.1 Å². The van der Waals surface area contributed by atoms with E-state index in [9.17, 15) is 0 Å². The molecule has 0 radical (unpaired) electrons. The zero-order chi connectivity index (χ0) is 20.8. The minimum absolute atomic E-state index is 0.301. The zero-order valence-corrected chi connectivity index (χ0v) is 17.4. The lowest BCUT2D eigenvalue weighted by Gasteiger charge is -2.38. The number of fused-ring (bicyclic) bond motifs is 3. The number of hydrogen-bond acceptors (Lipinski definition) is 6. The fourth-order valence-electron chi connectivity index (χ4n) is 5.12. The first-order valence-corrected chi connectivity index (χ1v) is 10.8. The summed E-state index contributed by atoms with van der Waals surface area (Å²) in [6.07, 6.45) is 6.50. The van der Waals surface area contributed by atoms with E-state index in [1.54, 1.807) is 13.3 Å². The lowest BCUT2D eigenvalue weighted by Crippen LogP contribution is -2.25. The molecule has 7 nitrogen and oxygen atoms in total. The summed E-state index contributed by atoms with van der Waals surface area (Å²) in [4.78, 5) is 4.43. The van der Waals surface area contributed by atoms with Gasteiger partial charge in [0, 0.05) is 22.9 Å². The summed E-state index contributed by atoms with van der Waals surface area (Å²) < 4.78 is 13.6. The third-order valence-corrected chi connectivity index (χ3v) is 6.58. The second-order valence-corrected chi connectivity index (χ2v) is 8.25. The van der Waals surface area contributed by atoms with Crippen LogP contribution in [0.25, 0.3) is 17.0 Å². The molecule has 1 saturated carbocycles. The minimum atomic E-state index is 0.301. The zero-order valence-electron chi connectivity index (χ0n) is 17.4. The van der Waals surface area contributed by atoms with Gasteiger partial charge < -0.3 is 9.47 Å². The Balaban J connectivity index is 1.49. The first-order valence-electron chi connectivity index (χ1n) is 10.8. The molecule has 0 aliphatic heterocycles. The predicted molar refractivity (Wildman–Crippen MR) is 115 cm³/mol. The van der Waals surface area contributed by atoms with E-state index in [0.29, 0.717) is 30.1 Å². The summed E-state index contributed by atoms with van der Waals surface area (Å²) in [6.45, 7) is 0.301. The van der Waals surface area contributed by atoms with Crippen LogP contribution in [0.5, 0.6) is 11.6 Å². The maximum Gasteiger partial charge on any atom is 0.236 e. The quantitative estimate of drug-likeness (QED) is 0.479. The maximum absolute atomic E-state index is 6.32. The standard InChI is InChI=1S/C24H23N5O2/c1-30-19-8-5-13-25-18(19)14-31-24-21-16-11-9-15(10-12-16)20(21)23-27-26-22(29(23)28-24)17-6-3-2-4-7-17/h2-8,13,15-16H,9-12,14H2,1H3. The maximum atomic E-state index is 6.32. The molecule has 31 heavy (non-hydrogen) atoms. The Labute approximate surface area is 180 Å². The van der Waals surface area contributed by atoms with Crippen molar-refractivity contribution in [3.05, 3.63) is 65.5 Å². The number of aromatic nitrogens is 5. The molecule has 0 atom stereocenters. The van der Waals surface area contributed by atoms with E-state index < -0.39 is 0 Å². The van der Waals surface area contributed by atoms with E-state index in [1.165, 1.54) is 36.8 Å². The highest BCUT2D eigenvalue weighted by atomic mass is 16.5. The number of benzene rings is 1. The van der Waals surface area contributed by atoms with Gasteiger partial charge in [-0.2, -0.15) is 4.52 Å². The van der Waals surface area contributed by atoms with Gasteiger partial charge in [-0.15, -0.1) is 15.3 Å². The molecule has 0 saturated heterocycles. The Hall–Kier alpha value is -3.48. The van der Waals surface area contributed by atoms with E-state index in [2.05, 4.69) is 15.2 Å². The molecule has 156 valence electrons. The van der Waals surface area contributed by atoms with Crippen LogP contribution in [0.1, 0.15) is 54.3 Å². The van der Waals surface area contributed by atoms with E-state index in [-0.39, 0.29) is 0 Å². The third-order valence-electron chi connectivity index (χ3n) is 6.58. The largest absolute Gasteiger partial charge is 0.495 e. The van der Waals surface area contributed by atoms with Crippen molar-refractivity contribution < 1.29 is 9.47 Å². The molecule has 2 bridgehead atoms. The minimum Gasteiger partial charge on any atom is -0.495 e. The van der Waals surface area contributed by atoms with Crippen molar-refractivity contribution in [3.8, 4) is 23.0 Å². The number of hydrogen-bond donors (Lipinski definition) is 0. The Morgan fingerprint density at radius 1 is 0.935 bits per heavy atom. The van der Waals surface area contributed by atoms with E-state index >= 15 is 0 Å². The van der Waals surface area contributed by atoms with Gasteiger partial charge in [0.25, 0.3) is 0 Å². The van der Waals surface area contributed by atoms with Crippen molar-refractivity contribution in [1.29, 1.82) is 0 Å². The molecule has 0 unspecified atom stereocenters. The molecule has 1 fully saturated rings. The van der Waals surface area contributed by atoms with E-state index in [1.807, 2.05) is 47.0 Å². The van der Waals surface area contributed by atoms with Crippen molar-refractivity contribution in [1.82, 2.24) is 24.8 Å². The van der Waals surface area contributed by atoms with Crippen LogP contribution in [-0.2, 0) is 6.61 Å². The molecule has 7 rings (SSSR count). The molecule has 7 heteroatoms.